The second-order valence-corrected chi connectivity index (χ2v) is 5.21. The van der Waals surface area contributed by atoms with E-state index in [1.54, 1.807) is 0 Å². The molecule has 0 radical (unpaired) electrons. The molecular formula is C13H21NO3. The first-order valence-electron chi connectivity index (χ1n) is 6.20. The summed E-state index contributed by atoms with van der Waals surface area (Å²) in [6.07, 6.45) is 3.08. The average Bonchev–Trinajstić information content (AvgIpc) is 2.62. The van der Waals surface area contributed by atoms with Crippen LogP contribution in [0.3, 0.4) is 0 Å². The minimum Gasteiger partial charge on any atom is -0.348 e. The molecule has 2 saturated heterocycles. The first-order chi connectivity index (χ1) is 8.02. The fraction of sp³-hybridized carbons (Fsp3) is 0.769. The standard InChI is InChI=1S/C13H21NO3/c1-4-6-14-7-5-10(15)8-11(14)12-9-16-13(2,3)17-12/h4,11-12H,1,5-9H2,2-3H3/t11-,12-/m1/s1. The van der Waals surface area contributed by atoms with Crippen molar-refractivity contribution in [2.24, 2.45) is 0 Å². The summed E-state index contributed by atoms with van der Waals surface area (Å²) in [6.45, 7) is 9.76. The lowest BCUT2D eigenvalue weighted by molar-refractivity contribution is -0.150. The van der Waals surface area contributed by atoms with Crippen molar-refractivity contribution in [3.05, 3.63) is 12.7 Å². The van der Waals surface area contributed by atoms with Crippen LogP contribution in [-0.2, 0) is 14.3 Å². The van der Waals surface area contributed by atoms with E-state index in [4.69, 9.17) is 9.47 Å². The molecule has 0 amide bonds. The van der Waals surface area contributed by atoms with E-state index in [9.17, 15) is 4.79 Å². The number of Topliss-reactive ketones (excluding diaryl/α,β-unsaturated/α-hetero) is 1. The lowest BCUT2D eigenvalue weighted by Gasteiger charge is -2.37. The molecule has 0 aliphatic carbocycles. The molecule has 0 N–H and O–H groups in total. The SMILES string of the molecule is C=CCN1CCC(=O)C[C@@H]1[C@H]1COC(C)(C)O1. The fourth-order valence-electron chi connectivity index (χ4n) is 2.56. The molecule has 0 unspecified atom stereocenters. The van der Waals surface area contributed by atoms with Crippen LogP contribution in [0.1, 0.15) is 26.7 Å². The van der Waals surface area contributed by atoms with Crippen molar-refractivity contribution in [2.45, 2.75) is 44.6 Å². The maximum absolute atomic E-state index is 11.6. The van der Waals surface area contributed by atoms with Gasteiger partial charge in [-0.25, -0.2) is 0 Å². The van der Waals surface area contributed by atoms with Crippen molar-refractivity contribution in [1.82, 2.24) is 4.90 Å². The Morgan fingerprint density at radius 1 is 1.59 bits per heavy atom. The molecule has 0 saturated carbocycles. The first kappa shape index (κ1) is 12.7. The Morgan fingerprint density at radius 3 is 2.94 bits per heavy atom. The number of hydrogen-bond acceptors (Lipinski definition) is 4. The van der Waals surface area contributed by atoms with Crippen LogP contribution in [0.2, 0.25) is 0 Å². The van der Waals surface area contributed by atoms with Crippen molar-refractivity contribution >= 4 is 5.78 Å². The van der Waals surface area contributed by atoms with Crippen LogP contribution < -0.4 is 0 Å². The highest BCUT2D eigenvalue weighted by Crippen LogP contribution is 2.29. The Kier molecular flexibility index (Phi) is 3.66. The molecule has 4 heteroatoms. The van der Waals surface area contributed by atoms with Gasteiger partial charge >= 0.3 is 0 Å². The molecule has 2 rings (SSSR count). The molecule has 0 aromatic carbocycles. The summed E-state index contributed by atoms with van der Waals surface area (Å²) >= 11 is 0. The van der Waals surface area contributed by atoms with Crippen molar-refractivity contribution in [1.29, 1.82) is 0 Å². The Labute approximate surface area is 103 Å². The van der Waals surface area contributed by atoms with E-state index in [0.29, 0.717) is 25.2 Å². The van der Waals surface area contributed by atoms with E-state index < -0.39 is 5.79 Å². The van der Waals surface area contributed by atoms with Crippen LogP contribution in [0.15, 0.2) is 12.7 Å². The summed E-state index contributed by atoms with van der Waals surface area (Å²) < 4.78 is 11.4. The Morgan fingerprint density at radius 2 is 2.35 bits per heavy atom. The molecule has 96 valence electrons. The van der Waals surface area contributed by atoms with Gasteiger partial charge in [0, 0.05) is 32.0 Å². The maximum atomic E-state index is 11.6. The third-order valence-electron chi connectivity index (χ3n) is 3.41. The smallest absolute Gasteiger partial charge is 0.163 e. The van der Waals surface area contributed by atoms with Gasteiger partial charge in [0.25, 0.3) is 0 Å². The largest absolute Gasteiger partial charge is 0.348 e. The summed E-state index contributed by atoms with van der Waals surface area (Å²) in [7, 11) is 0. The molecule has 0 bridgehead atoms. The highest BCUT2D eigenvalue weighted by molar-refractivity contribution is 5.80. The molecule has 0 spiro atoms. The minimum absolute atomic E-state index is 0.00537. The van der Waals surface area contributed by atoms with E-state index in [2.05, 4.69) is 11.5 Å². The zero-order valence-corrected chi connectivity index (χ0v) is 10.6. The monoisotopic (exact) mass is 239 g/mol. The lowest BCUT2D eigenvalue weighted by Crippen LogP contribution is -2.50. The van der Waals surface area contributed by atoms with Crippen molar-refractivity contribution in [3.8, 4) is 0 Å². The minimum atomic E-state index is -0.523. The Hall–Kier alpha value is -0.710. The van der Waals surface area contributed by atoms with E-state index in [1.807, 2.05) is 19.9 Å². The Bertz CT molecular complexity index is 314. The van der Waals surface area contributed by atoms with Gasteiger partial charge < -0.3 is 9.47 Å². The topological polar surface area (TPSA) is 38.8 Å². The highest BCUT2D eigenvalue weighted by atomic mass is 16.7. The zero-order valence-electron chi connectivity index (χ0n) is 10.6. The average molecular weight is 239 g/mol. The molecule has 4 nitrogen and oxygen atoms in total. The molecule has 2 aliphatic heterocycles. The van der Waals surface area contributed by atoms with Gasteiger partial charge in [0.15, 0.2) is 5.79 Å². The molecule has 2 heterocycles. The first-order valence-corrected chi connectivity index (χ1v) is 6.20. The van der Waals surface area contributed by atoms with Gasteiger partial charge in [0.1, 0.15) is 11.9 Å². The van der Waals surface area contributed by atoms with Gasteiger partial charge in [-0.3, -0.25) is 9.69 Å². The number of likely N-dealkylation sites (tertiary alicyclic amines) is 1. The molecule has 2 atom stereocenters. The van der Waals surface area contributed by atoms with Gasteiger partial charge in [-0.05, 0) is 13.8 Å². The Balaban J connectivity index is 2.04. The highest BCUT2D eigenvalue weighted by Gasteiger charge is 2.41. The second kappa shape index (κ2) is 4.88. The summed E-state index contributed by atoms with van der Waals surface area (Å²) in [5, 5.41) is 0. The van der Waals surface area contributed by atoms with Gasteiger partial charge in [0.05, 0.1) is 6.61 Å². The van der Waals surface area contributed by atoms with Crippen molar-refractivity contribution < 1.29 is 14.3 Å². The molecule has 0 aromatic heterocycles. The summed E-state index contributed by atoms with van der Waals surface area (Å²) in [5.41, 5.74) is 0. The van der Waals surface area contributed by atoms with Gasteiger partial charge in [-0.15, -0.1) is 6.58 Å². The molecule has 2 aliphatic rings. The summed E-state index contributed by atoms with van der Waals surface area (Å²) in [5.74, 6) is -0.200. The normalized spacial score (nSPS) is 33.9. The predicted octanol–water partition coefficient (Wildman–Crippen LogP) is 1.36. The maximum Gasteiger partial charge on any atom is 0.163 e. The molecule has 0 aromatic rings. The van der Waals surface area contributed by atoms with Crippen LogP contribution >= 0.6 is 0 Å². The van der Waals surface area contributed by atoms with E-state index in [1.165, 1.54) is 0 Å². The second-order valence-electron chi connectivity index (χ2n) is 5.21. The summed E-state index contributed by atoms with van der Waals surface area (Å²) in [4.78, 5) is 13.9. The van der Waals surface area contributed by atoms with E-state index in [0.717, 1.165) is 13.1 Å². The van der Waals surface area contributed by atoms with Crippen LogP contribution in [0.5, 0.6) is 0 Å². The number of rotatable bonds is 3. The van der Waals surface area contributed by atoms with Crippen LogP contribution in [0, 0.1) is 0 Å². The van der Waals surface area contributed by atoms with Gasteiger partial charge in [0.2, 0.25) is 0 Å². The number of ether oxygens (including phenoxy) is 2. The van der Waals surface area contributed by atoms with E-state index in [-0.39, 0.29) is 12.1 Å². The lowest BCUT2D eigenvalue weighted by atomic mass is 9.96. The predicted molar refractivity (Wildman–Crippen MR) is 64.7 cm³/mol. The van der Waals surface area contributed by atoms with Gasteiger partial charge in [-0.1, -0.05) is 6.08 Å². The van der Waals surface area contributed by atoms with Crippen LogP contribution in [0.25, 0.3) is 0 Å². The zero-order chi connectivity index (χ0) is 12.5. The van der Waals surface area contributed by atoms with Gasteiger partial charge in [-0.2, -0.15) is 0 Å². The number of ketones is 1. The van der Waals surface area contributed by atoms with Crippen LogP contribution in [-0.4, -0.2) is 48.3 Å². The number of piperidine rings is 1. The van der Waals surface area contributed by atoms with Crippen molar-refractivity contribution in [2.75, 3.05) is 19.7 Å². The quantitative estimate of drug-likeness (QED) is 0.697. The van der Waals surface area contributed by atoms with Crippen molar-refractivity contribution in [3.63, 3.8) is 0 Å². The molecule has 2 fully saturated rings. The molecule has 17 heavy (non-hydrogen) atoms. The van der Waals surface area contributed by atoms with Crippen LogP contribution in [0.4, 0.5) is 0 Å². The number of hydrogen-bond donors (Lipinski definition) is 0. The number of carbonyl (C=O) groups is 1. The molecular weight excluding hydrogens is 218 g/mol. The third-order valence-corrected chi connectivity index (χ3v) is 3.41. The third kappa shape index (κ3) is 2.94. The number of carbonyl (C=O) groups excluding carboxylic acids is 1. The summed E-state index contributed by atoms with van der Waals surface area (Å²) in [6, 6.07) is 0.135. The number of nitrogens with zero attached hydrogens (tertiary/aromatic N) is 1. The fourth-order valence-corrected chi connectivity index (χ4v) is 2.56. The van der Waals surface area contributed by atoms with E-state index >= 15 is 0 Å².